The maximum atomic E-state index is 12.8. The molecule has 1 amide bonds. The topological polar surface area (TPSA) is 153 Å². The van der Waals surface area contributed by atoms with Gasteiger partial charge in [-0.15, -0.1) is 0 Å². The van der Waals surface area contributed by atoms with Gasteiger partial charge in [-0.05, 0) is 18.6 Å². The van der Waals surface area contributed by atoms with Crippen molar-refractivity contribution in [2.45, 2.75) is 19.4 Å². The standard InChI is InChI=1S/C17H18N4O7S/c1-3-16(17(22)18-12-6-4-8-14(10-12)20(23)24)19(29(2,27)28)13-7-5-9-15(11-13)21(25)26/h4-11,16H,3H2,1-2H3,(H,18,22)/t16-/m0/s1. The van der Waals surface area contributed by atoms with E-state index in [0.29, 0.717) is 0 Å². The maximum Gasteiger partial charge on any atom is 0.271 e. The van der Waals surface area contributed by atoms with E-state index < -0.39 is 31.8 Å². The molecule has 0 aliphatic carbocycles. The molecule has 1 atom stereocenters. The lowest BCUT2D eigenvalue weighted by atomic mass is 10.1. The van der Waals surface area contributed by atoms with Gasteiger partial charge in [-0.3, -0.25) is 29.3 Å². The second-order valence-corrected chi connectivity index (χ2v) is 7.92. The SMILES string of the molecule is CC[C@@H](C(=O)Nc1cccc([N+](=O)[O-])c1)N(c1cccc([N+](=O)[O-])c1)S(C)(=O)=O. The van der Waals surface area contributed by atoms with Crippen LogP contribution in [-0.4, -0.2) is 36.5 Å². The zero-order valence-electron chi connectivity index (χ0n) is 15.5. The summed E-state index contributed by atoms with van der Waals surface area (Å²) in [4.78, 5) is 33.4. The Morgan fingerprint density at radius 2 is 1.62 bits per heavy atom. The lowest BCUT2D eigenvalue weighted by Gasteiger charge is -2.29. The second-order valence-electron chi connectivity index (χ2n) is 6.06. The number of amides is 1. The van der Waals surface area contributed by atoms with Gasteiger partial charge in [0.2, 0.25) is 15.9 Å². The first-order valence-corrected chi connectivity index (χ1v) is 10.2. The van der Waals surface area contributed by atoms with E-state index in [9.17, 15) is 33.4 Å². The van der Waals surface area contributed by atoms with Gasteiger partial charge in [0.1, 0.15) is 6.04 Å². The van der Waals surface area contributed by atoms with Crippen LogP contribution in [-0.2, 0) is 14.8 Å². The minimum Gasteiger partial charge on any atom is -0.324 e. The number of benzene rings is 2. The Morgan fingerprint density at radius 1 is 1.07 bits per heavy atom. The van der Waals surface area contributed by atoms with E-state index in [2.05, 4.69) is 5.32 Å². The summed E-state index contributed by atoms with van der Waals surface area (Å²) in [7, 11) is -3.99. The average Bonchev–Trinajstić information content (AvgIpc) is 2.65. The Kier molecular flexibility index (Phi) is 6.49. The highest BCUT2D eigenvalue weighted by atomic mass is 32.2. The van der Waals surface area contributed by atoms with Crippen molar-refractivity contribution in [2.24, 2.45) is 0 Å². The van der Waals surface area contributed by atoms with Gasteiger partial charge in [-0.25, -0.2) is 8.42 Å². The number of hydrogen-bond acceptors (Lipinski definition) is 7. The van der Waals surface area contributed by atoms with Crippen LogP contribution in [0.25, 0.3) is 0 Å². The summed E-state index contributed by atoms with van der Waals surface area (Å²) in [6.07, 6.45) is 0.936. The molecule has 0 fully saturated rings. The largest absolute Gasteiger partial charge is 0.324 e. The zero-order chi connectivity index (χ0) is 21.8. The molecule has 0 radical (unpaired) electrons. The number of non-ortho nitro benzene ring substituents is 2. The molecule has 29 heavy (non-hydrogen) atoms. The highest BCUT2D eigenvalue weighted by Crippen LogP contribution is 2.27. The summed E-state index contributed by atoms with van der Waals surface area (Å²) in [5.41, 5.74) is -0.488. The van der Waals surface area contributed by atoms with Crippen molar-refractivity contribution in [3.8, 4) is 0 Å². The van der Waals surface area contributed by atoms with Crippen LogP contribution in [0.3, 0.4) is 0 Å². The number of hydrogen-bond donors (Lipinski definition) is 1. The fourth-order valence-corrected chi connectivity index (χ4v) is 3.93. The summed E-state index contributed by atoms with van der Waals surface area (Å²) in [6, 6.07) is 8.89. The van der Waals surface area contributed by atoms with Crippen molar-refractivity contribution in [2.75, 3.05) is 15.9 Å². The molecule has 0 bridgehead atoms. The summed E-state index contributed by atoms with van der Waals surface area (Å²) in [5, 5.41) is 24.4. The molecule has 1 N–H and O–H groups in total. The number of rotatable bonds is 8. The number of carbonyl (C=O) groups excluding carboxylic acids is 1. The summed E-state index contributed by atoms with van der Waals surface area (Å²) >= 11 is 0. The highest BCUT2D eigenvalue weighted by Gasteiger charge is 2.32. The van der Waals surface area contributed by atoms with Gasteiger partial charge >= 0.3 is 0 Å². The first-order valence-electron chi connectivity index (χ1n) is 8.33. The third-order valence-corrected chi connectivity index (χ3v) is 5.13. The number of sulfonamides is 1. The Bertz CT molecular complexity index is 1060. The first kappa shape index (κ1) is 21.8. The van der Waals surface area contributed by atoms with Crippen molar-refractivity contribution in [3.05, 3.63) is 68.8 Å². The molecule has 11 nitrogen and oxygen atoms in total. The zero-order valence-corrected chi connectivity index (χ0v) is 16.3. The Labute approximate surface area is 166 Å². The molecule has 0 aromatic heterocycles. The van der Waals surface area contributed by atoms with Crippen LogP contribution in [0.1, 0.15) is 13.3 Å². The van der Waals surface area contributed by atoms with E-state index in [-0.39, 0.29) is 29.2 Å². The molecule has 0 aliphatic heterocycles. The molecule has 2 aromatic rings. The molecule has 12 heteroatoms. The average molecular weight is 422 g/mol. The van der Waals surface area contributed by atoms with E-state index in [0.717, 1.165) is 22.7 Å². The summed E-state index contributed by atoms with van der Waals surface area (Å²) < 4.78 is 25.6. The van der Waals surface area contributed by atoms with E-state index in [1.54, 1.807) is 6.92 Å². The quantitative estimate of drug-likeness (QED) is 0.507. The van der Waals surface area contributed by atoms with Crippen LogP contribution in [0.15, 0.2) is 48.5 Å². The number of nitro benzene ring substituents is 2. The lowest BCUT2D eigenvalue weighted by Crippen LogP contribution is -2.47. The molecule has 0 unspecified atom stereocenters. The minimum atomic E-state index is -3.99. The van der Waals surface area contributed by atoms with Gasteiger partial charge in [0.05, 0.1) is 21.8 Å². The normalized spacial score (nSPS) is 12.1. The Balaban J connectivity index is 2.42. The van der Waals surface area contributed by atoms with Crippen LogP contribution < -0.4 is 9.62 Å². The van der Waals surface area contributed by atoms with Gasteiger partial charge < -0.3 is 5.32 Å². The number of nitro groups is 2. The molecule has 0 spiro atoms. The number of anilines is 2. The molecule has 0 saturated carbocycles. The van der Waals surface area contributed by atoms with Crippen molar-refractivity contribution >= 4 is 38.7 Å². The summed E-state index contributed by atoms with van der Waals surface area (Å²) in [6.45, 7) is 1.58. The van der Waals surface area contributed by atoms with Gasteiger partial charge in [0, 0.05) is 30.0 Å². The third kappa shape index (κ3) is 5.25. The fraction of sp³-hybridized carbons (Fsp3) is 0.235. The molecule has 0 heterocycles. The van der Waals surface area contributed by atoms with Gasteiger partial charge in [0.25, 0.3) is 11.4 Å². The molecule has 2 aromatic carbocycles. The smallest absolute Gasteiger partial charge is 0.271 e. The molecule has 0 aliphatic rings. The second kappa shape index (κ2) is 8.65. The molecule has 2 rings (SSSR count). The van der Waals surface area contributed by atoms with Crippen molar-refractivity contribution in [1.29, 1.82) is 0 Å². The fourth-order valence-electron chi connectivity index (χ4n) is 2.73. The molecular formula is C17H18N4O7S. The van der Waals surface area contributed by atoms with Crippen LogP contribution in [0.2, 0.25) is 0 Å². The highest BCUT2D eigenvalue weighted by molar-refractivity contribution is 7.92. The minimum absolute atomic E-state index is 0.0391. The first-order chi connectivity index (χ1) is 13.5. The van der Waals surface area contributed by atoms with Crippen LogP contribution in [0.5, 0.6) is 0 Å². The van der Waals surface area contributed by atoms with Crippen molar-refractivity contribution in [1.82, 2.24) is 0 Å². The molecule has 0 saturated heterocycles. The number of nitrogens with zero attached hydrogens (tertiary/aromatic N) is 3. The van der Waals surface area contributed by atoms with Crippen molar-refractivity contribution in [3.63, 3.8) is 0 Å². The van der Waals surface area contributed by atoms with Crippen molar-refractivity contribution < 1.29 is 23.1 Å². The van der Waals surface area contributed by atoms with E-state index in [1.165, 1.54) is 36.4 Å². The monoisotopic (exact) mass is 422 g/mol. The number of carbonyl (C=O) groups is 1. The lowest BCUT2D eigenvalue weighted by molar-refractivity contribution is -0.385. The van der Waals surface area contributed by atoms with Gasteiger partial charge in [0.15, 0.2) is 0 Å². The van der Waals surface area contributed by atoms with Gasteiger partial charge in [-0.2, -0.15) is 0 Å². The number of nitrogens with one attached hydrogen (secondary N) is 1. The van der Waals surface area contributed by atoms with Crippen LogP contribution >= 0.6 is 0 Å². The molecular weight excluding hydrogens is 404 g/mol. The Morgan fingerprint density at radius 3 is 2.14 bits per heavy atom. The maximum absolute atomic E-state index is 12.8. The predicted molar refractivity (Wildman–Crippen MR) is 106 cm³/mol. The summed E-state index contributed by atoms with van der Waals surface area (Å²) in [5.74, 6) is -0.732. The molecule has 154 valence electrons. The van der Waals surface area contributed by atoms with Gasteiger partial charge in [-0.1, -0.05) is 19.1 Å². The van der Waals surface area contributed by atoms with E-state index in [4.69, 9.17) is 0 Å². The van der Waals surface area contributed by atoms with Crippen LogP contribution in [0.4, 0.5) is 22.7 Å². The predicted octanol–water partition coefficient (Wildman–Crippen LogP) is 2.69. The van der Waals surface area contributed by atoms with E-state index in [1.807, 2.05) is 0 Å². The van der Waals surface area contributed by atoms with Crippen LogP contribution in [0, 0.1) is 20.2 Å². The third-order valence-electron chi connectivity index (χ3n) is 3.95. The Hall–Kier alpha value is -3.54. The van der Waals surface area contributed by atoms with E-state index >= 15 is 0 Å².